The highest BCUT2D eigenvalue weighted by atomic mass is 35.5. The molecule has 7 heteroatoms. The molecule has 0 saturated carbocycles. The van der Waals surface area contributed by atoms with Gasteiger partial charge in [0.2, 0.25) is 5.91 Å². The van der Waals surface area contributed by atoms with Crippen molar-refractivity contribution in [3.05, 3.63) is 89.7 Å². The van der Waals surface area contributed by atoms with Gasteiger partial charge in [0.25, 0.3) is 5.91 Å². The third-order valence-electron chi connectivity index (χ3n) is 4.78. The van der Waals surface area contributed by atoms with Crippen LogP contribution in [0.1, 0.15) is 10.4 Å². The van der Waals surface area contributed by atoms with Crippen LogP contribution in [0.5, 0.6) is 0 Å². The number of pyridine rings is 2. The van der Waals surface area contributed by atoms with Crippen LogP contribution in [0.3, 0.4) is 0 Å². The standard InChI is InChI=1S/C24H19ClN4O2/c1-29(15-23(30)27-18-8-6-17(25)7-9-18)24(31)20-14-22(16-10-12-26-13-11-16)28-21-5-3-2-4-19(20)21/h2-14H,15H2,1H3,(H,27,30). The molecule has 0 aliphatic carbocycles. The van der Waals surface area contributed by atoms with Gasteiger partial charge in [0, 0.05) is 41.1 Å². The van der Waals surface area contributed by atoms with Gasteiger partial charge < -0.3 is 10.2 Å². The Kier molecular flexibility index (Phi) is 5.91. The smallest absolute Gasteiger partial charge is 0.254 e. The number of nitrogens with zero attached hydrogens (tertiary/aromatic N) is 3. The quantitative estimate of drug-likeness (QED) is 0.499. The fourth-order valence-electron chi connectivity index (χ4n) is 3.25. The third kappa shape index (κ3) is 4.70. The van der Waals surface area contributed by atoms with E-state index in [0.717, 1.165) is 10.9 Å². The van der Waals surface area contributed by atoms with E-state index in [4.69, 9.17) is 11.6 Å². The van der Waals surface area contributed by atoms with Crippen LogP contribution < -0.4 is 5.32 Å². The Balaban J connectivity index is 1.60. The van der Waals surface area contributed by atoms with Crippen LogP contribution in [0, 0.1) is 0 Å². The molecule has 2 heterocycles. The predicted molar refractivity (Wildman–Crippen MR) is 122 cm³/mol. The van der Waals surface area contributed by atoms with Gasteiger partial charge in [-0.15, -0.1) is 0 Å². The van der Waals surface area contributed by atoms with Crippen molar-refractivity contribution in [1.82, 2.24) is 14.9 Å². The largest absolute Gasteiger partial charge is 0.332 e. The van der Waals surface area contributed by atoms with Crippen molar-refractivity contribution >= 4 is 40.0 Å². The first-order valence-corrected chi connectivity index (χ1v) is 10.00. The van der Waals surface area contributed by atoms with Crippen molar-refractivity contribution in [2.24, 2.45) is 0 Å². The average Bonchev–Trinajstić information content (AvgIpc) is 2.80. The van der Waals surface area contributed by atoms with Crippen molar-refractivity contribution in [1.29, 1.82) is 0 Å². The minimum absolute atomic E-state index is 0.0945. The number of halogens is 1. The molecule has 0 radical (unpaired) electrons. The zero-order valence-electron chi connectivity index (χ0n) is 16.7. The van der Waals surface area contributed by atoms with Crippen molar-refractivity contribution in [2.45, 2.75) is 0 Å². The first-order chi connectivity index (χ1) is 15.0. The summed E-state index contributed by atoms with van der Waals surface area (Å²) in [7, 11) is 1.60. The van der Waals surface area contributed by atoms with E-state index in [0.29, 0.717) is 27.5 Å². The van der Waals surface area contributed by atoms with Gasteiger partial charge in [-0.05, 0) is 48.5 Å². The zero-order valence-corrected chi connectivity index (χ0v) is 17.5. The molecular formula is C24H19ClN4O2. The average molecular weight is 431 g/mol. The molecule has 0 aliphatic heterocycles. The number of amides is 2. The van der Waals surface area contributed by atoms with Crippen LogP contribution in [0.15, 0.2) is 79.1 Å². The molecule has 2 aromatic heterocycles. The third-order valence-corrected chi connectivity index (χ3v) is 5.03. The number of hydrogen-bond donors (Lipinski definition) is 1. The molecule has 2 amide bonds. The summed E-state index contributed by atoms with van der Waals surface area (Å²) in [5.74, 6) is -0.564. The Morgan fingerprint density at radius 3 is 2.45 bits per heavy atom. The topological polar surface area (TPSA) is 75.2 Å². The van der Waals surface area contributed by atoms with Crippen LogP contribution in [-0.4, -0.2) is 40.3 Å². The normalized spacial score (nSPS) is 10.6. The summed E-state index contributed by atoms with van der Waals surface area (Å²) in [6, 6.07) is 19.7. The lowest BCUT2D eigenvalue weighted by Gasteiger charge is -2.18. The SMILES string of the molecule is CN(CC(=O)Nc1ccc(Cl)cc1)C(=O)c1cc(-c2ccncc2)nc2ccccc12. The number of fused-ring (bicyclic) bond motifs is 1. The fraction of sp³-hybridized carbons (Fsp3) is 0.0833. The lowest BCUT2D eigenvalue weighted by molar-refractivity contribution is -0.116. The van der Waals surface area contributed by atoms with Crippen LogP contribution in [0.2, 0.25) is 5.02 Å². The summed E-state index contributed by atoms with van der Waals surface area (Å²) >= 11 is 5.87. The van der Waals surface area contributed by atoms with Crippen molar-refractivity contribution in [3.8, 4) is 11.3 Å². The molecule has 2 aromatic carbocycles. The molecule has 0 aliphatic rings. The van der Waals surface area contributed by atoms with Gasteiger partial charge in [0.05, 0.1) is 23.3 Å². The number of anilines is 1. The van der Waals surface area contributed by atoms with Crippen LogP contribution >= 0.6 is 11.6 Å². The molecule has 0 atom stereocenters. The van der Waals surface area contributed by atoms with Crippen LogP contribution in [-0.2, 0) is 4.79 Å². The summed E-state index contributed by atoms with van der Waals surface area (Å²) in [6.45, 7) is -0.0945. The Morgan fingerprint density at radius 2 is 1.71 bits per heavy atom. The summed E-state index contributed by atoms with van der Waals surface area (Å²) < 4.78 is 0. The second-order valence-corrected chi connectivity index (χ2v) is 7.46. The molecule has 31 heavy (non-hydrogen) atoms. The number of aromatic nitrogens is 2. The molecule has 0 unspecified atom stereocenters. The highest BCUT2D eigenvalue weighted by Crippen LogP contribution is 2.25. The van der Waals surface area contributed by atoms with E-state index < -0.39 is 0 Å². The van der Waals surface area contributed by atoms with E-state index in [2.05, 4.69) is 15.3 Å². The number of likely N-dealkylation sites (N-methyl/N-ethyl adjacent to an activating group) is 1. The maximum Gasteiger partial charge on any atom is 0.254 e. The molecule has 6 nitrogen and oxygen atoms in total. The van der Waals surface area contributed by atoms with Gasteiger partial charge in [-0.2, -0.15) is 0 Å². The predicted octanol–water partition coefficient (Wildman–Crippen LogP) is 4.66. The lowest BCUT2D eigenvalue weighted by atomic mass is 10.0. The number of nitrogens with one attached hydrogen (secondary N) is 1. The molecule has 154 valence electrons. The van der Waals surface area contributed by atoms with Gasteiger partial charge in [-0.3, -0.25) is 14.6 Å². The maximum absolute atomic E-state index is 13.3. The van der Waals surface area contributed by atoms with E-state index in [9.17, 15) is 9.59 Å². The van der Waals surface area contributed by atoms with E-state index in [-0.39, 0.29) is 18.4 Å². The number of para-hydroxylation sites is 1. The molecule has 4 rings (SSSR count). The minimum atomic E-state index is -0.300. The summed E-state index contributed by atoms with van der Waals surface area (Å²) in [6.07, 6.45) is 3.36. The second-order valence-electron chi connectivity index (χ2n) is 7.02. The monoisotopic (exact) mass is 430 g/mol. The molecule has 1 N–H and O–H groups in total. The van der Waals surface area contributed by atoms with Gasteiger partial charge >= 0.3 is 0 Å². The Hall–Kier alpha value is -3.77. The summed E-state index contributed by atoms with van der Waals surface area (Å²) in [4.78, 5) is 35.8. The molecule has 0 fully saturated rings. The molecule has 0 spiro atoms. The maximum atomic E-state index is 13.3. The van der Waals surface area contributed by atoms with E-state index in [1.807, 2.05) is 36.4 Å². The minimum Gasteiger partial charge on any atom is -0.332 e. The summed E-state index contributed by atoms with van der Waals surface area (Å²) in [5.41, 5.74) is 3.34. The number of rotatable bonds is 5. The van der Waals surface area contributed by atoms with Gasteiger partial charge in [0.15, 0.2) is 0 Å². The second kappa shape index (κ2) is 8.93. The van der Waals surface area contributed by atoms with Crippen molar-refractivity contribution in [3.63, 3.8) is 0 Å². The highest BCUT2D eigenvalue weighted by Gasteiger charge is 2.19. The number of carbonyl (C=O) groups excluding carboxylic acids is 2. The van der Waals surface area contributed by atoms with Gasteiger partial charge in [-0.25, -0.2) is 4.98 Å². The lowest BCUT2D eigenvalue weighted by Crippen LogP contribution is -2.35. The fourth-order valence-corrected chi connectivity index (χ4v) is 3.38. The van der Waals surface area contributed by atoms with Crippen molar-refractivity contribution in [2.75, 3.05) is 18.9 Å². The zero-order chi connectivity index (χ0) is 21.8. The Bertz CT molecular complexity index is 1240. The summed E-state index contributed by atoms with van der Waals surface area (Å²) in [5, 5.41) is 4.08. The van der Waals surface area contributed by atoms with E-state index >= 15 is 0 Å². The van der Waals surface area contributed by atoms with Crippen molar-refractivity contribution < 1.29 is 9.59 Å². The van der Waals surface area contributed by atoms with E-state index in [1.165, 1.54) is 4.90 Å². The number of benzene rings is 2. The first kappa shape index (κ1) is 20.5. The molecular weight excluding hydrogens is 412 g/mol. The molecule has 4 aromatic rings. The molecule has 0 bridgehead atoms. The van der Waals surface area contributed by atoms with Crippen LogP contribution in [0.25, 0.3) is 22.2 Å². The van der Waals surface area contributed by atoms with Gasteiger partial charge in [0.1, 0.15) is 0 Å². The van der Waals surface area contributed by atoms with Gasteiger partial charge in [-0.1, -0.05) is 29.8 Å². The first-order valence-electron chi connectivity index (χ1n) is 9.62. The number of hydrogen-bond acceptors (Lipinski definition) is 4. The highest BCUT2D eigenvalue weighted by molar-refractivity contribution is 6.30. The number of carbonyl (C=O) groups is 2. The van der Waals surface area contributed by atoms with Crippen LogP contribution in [0.4, 0.5) is 5.69 Å². The Labute approximate surface area is 184 Å². The molecule has 0 saturated heterocycles. The van der Waals surface area contributed by atoms with E-state index in [1.54, 1.807) is 49.8 Å². The Morgan fingerprint density at radius 1 is 1.00 bits per heavy atom.